The predicted octanol–water partition coefficient (Wildman–Crippen LogP) is 1.47. The zero-order chi connectivity index (χ0) is 26.1. The Bertz CT molecular complexity index is 1470. The number of allylic oxidation sites excluding steroid dienone is 1. The van der Waals surface area contributed by atoms with Crippen LogP contribution in [0.25, 0.3) is 16.2 Å². The number of rotatable bonds is 3. The van der Waals surface area contributed by atoms with Crippen LogP contribution >= 0.6 is 11.5 Å². The topological polar surface area (TPSA) is 193 Å². The molecule has 3 atom stereocenters. The maximum absolute atomic E-state index is 13.7. The first-order valence-electron chi connectivity index (χ1n) is 10.9. The van der Waals surface area contributed by atoms with E-state index >= 15 is 0 Å². The number of fused-ring (bicyclic) bond motifs is 3. The molecule has 0 aliphatic heterocycles. The van der Waals surface area contributed by atoms with Gasteiger partial charge in [0, 0.05) is 5.57 Å². The minimum absolute atomic E-state index is 0.0164. The number of hydrogen-bond donors (Lipinski definition) is 5. The second-order valence-electron chi connectivity index (χ2n) is 8.94. The summed E-state index contributed by atoms with van der Waals surface area (Å²) >= 11 is 1.24. The van der Waals surface area contributed by atoms with E-state index in [0.717, 1.165) is 17.7 Å². The molecule has 0 saturated heterocycles. The molecule has 3 aliphatic rings. The van der Waals surface area contributed by atoms with Crippen molar-refractivity contribution in [3.63, 3.8) is 0 Å². The van der Waals surface area contributed by atoms with Crippen LogP contribution in [-0.4, -0.2) is 60.7 Å². The van der Waals surface area contributed by atoms with Crippen LogP contribution < -0.4 is 5.73 Å². The highest BCUT2D eigenvalue weighted by Crippen LogP contribution is 2.52. The molecule has 1 aromatic heterocycles. The van der Waals surface area contributed by atoms with Gasteiger partial charge in [-0.3, -0.25) is 14.4 Å². The van der Waals surface area contributed by atoms with Gasteiger partial charge in [0.05, 0.1) is 22.1 Å². The number of aryl methyl sites for hydroxylation is 1. The van der Waals surface area contributed by atoms with Crippen molar-refractivity contribution in [3.8, 4) is 16.2 Å². The zero-order valence-corrected chi connectivity index (χ0v) is 19.9. The highest BCUT2D eigenvalue weighted by molar-refractivity contribution is 7.09. The Morgan fingerprint density at radius 1 is 1.22 bits per heavy atom. The molecule has 36 heavy (non-hydrogen) atoms. The van der Waals surface area contributed by atoms with Gasteiger partial charge in [-0.15, -0.1) is 0 Å². The molecular weight excluding hydrogens is 490 g/mol. The molecule has 1 fully saturated rings. The van der Waals surface area contributed by atoms with Crippen molar-refractivity contribution >= 4 is 40.5 Å². The average Bonchev–Trinajstić information content (AvgIpc) is 3.24. The van der Waals surface area contributed by atoms with Crippen LogP contribution in [0.4, 0.5) is 0 Å². The first-order valence-corrected chi connectivity index (χ1v) is 11.7. The van der Waals surface area contributed by atoms with Crippen LogP contribution in [0.1, 0.15) is 23.2 Å². The van der Waals surface area contributed by atoms with Gasteiger partial charge >= 0.3 is 0 Å². The number of aliphatic hydroxyl groups is 3. The fraction of sp³-hybridized carbons (Fsp3) is 0.292. The summed E-state index contributed by atoms with van der Waals surface area (Å²) in [6.07, 6.45) is 0.0528. The lowest BCUT2D eigenvalue weighted by molar-refractivity contribution is -0.153. The molecule has 0 bridgehead atoms. The van der Waals surface area contributed by atoms with E-state index in [-0.39, 0.29) is 35.4 Å². The van der Waals surface area contributed by atoms with Gasteiger partial charge < -0.3 is 31.0 Å². The number of nitrogens with two attached hydrogens (primary N) is 1. The summed E-state index contributed by atoms with van der Waals surface area (Å²) < 4.78 is 4.29. The van der Waals surface area contributed by atoms with E-state index in [1.807, 2.05) is 13.0 Å². The highest BCUT2D eigenvalue weighted by Gasteiger charge is 2.64. The lowest BCUT2D eigenvalue weighted by atomic mass is 9.58. The predicted molar refractivity (Wildman–Crippen MR) is 127 cm³/mol. The lowest BCUT2D eigenvalue weighted by Crippen LogP contribution is -2.64. The number of phenols is 1. The number of aromatic hydroxyl groups is 1. The maximum Gasteiger partial charge on any atom is 0.256 e. The zero-order valence-electron chi connectivity index (χ0n) is 19.1. The fourth-order valence-electron chi connectivity index (χ4n) is 5.42. The van der Waals surface area contributed by atoms with Gasteiger partial charge in [-0.2, -0.15) is 4.37 Å². The van der Waals surface area contributed by atoms with Gasteiger partial charge in [0.2, 0.25) is 11.6 Å². The average molecular weight is 512 g/mol. The number of hydrogen-bond acceptors (Lipinski definition) is 11. The summed E-state index contributed by atoms with van der Waals surface area (Å²) in [6.45, 7) is 1.83. The smallest absolute Gasteiger partial charge is 0.256 e. The number of aromatic nitrogens is 1. The Hall–Kier alpha value is -4.03. The molecular formula is C24H21N3O8S. The Morgan fingerprint density at radius 3 is 2.56 bits per heavy atom. The van der Waals surface area contributed by atoms with Crippen molar-refractivity contribution in [2.45, 2.75) is 25.4 Å². The monoisotopic (exact) mass is 511 g/mol. The molecule has 12 heteroatoms. The fourth-order valence-corrected chi connectivity index (χ4v) is 6.23. The number of primary amides is 1. The lowest BCUT2D eigenvalue weighted by Gasteiger charge is -2.45. The van der Waals surface area contributed by atoms with Gasteiger partial charge in [-0.05, 0) is 66.5 Å². The second-order valence-corrected chi connectivity index (χ2v) is 9.75. The summed E-state index contributed by atoms with van der Waals surface area (Å²) in [5, 5.41) is 47.6. The number of carbonyl (C=O) groups excluding carboxylic acids is 3. The molecule has 5 rings (SSSR count). The first-order chi connectivity index (χ1) is 17.0. The van der Waals surface area contributed by atoms with Crippen LogP contribution in [0, 0.1) is 18.8 Å². The largest absolute Gasteiger partial charge is 0.507 e. The summed E-state index contributed by atoms with van der Waals surface area (Å²) in [5.74, 6) is -7.74. The van der Waals surface area contributed by atoms with Gasteiger partial charge in [-0.1, -0.05) is 5.16 Å². The van der Waals surface area contributed by atoms with Crippen LogP contribution in [0.5, 0.6) is 5.75 Å². The molecule has 6 N–H and O–H groups in total. The Labute approximate surface area is 208 Å². The van der Waals surface area contributed by atoms with Crippen molar-refractivity contribution in [2.75, 3.05) is 7.11 Å². The number of oxime groups is 1. The Kier molecular flexibility index (Phi) is 5.27. The van der Waals surface area contributed by atoms with Crippen molar-refractivity contribution in [2.24, 2.45) is 22.7 Å². The van der Waals surface area contributed by atoms with E-state index in [0.29, 0.717) is 11.1 Å². The molecule has 1 heterocycles. The van der Waals surface area contributed by atoms with Crippen molar-refractivity contribution in [1.82, 2.24) is 4.37 Å². The van der Waals surface area contributed by atoms with Crippen molar-refractivity contribution in [1.29, 1.82) is 0 Å². The number of amides is 1. The maximum atomic E-state index is 13.7. The third-order valence-corrected chi connectivity index (χ3v) is 7.88. The molecule has 1 amide bonds. The quantitative estimate of drug-likeness (QED) is 0.230. The Morgan fingerprint density at radius 2 is 1.94 bits per heavy atom. The SMILES string of the molecule is CO/N=C1\C(O)=C(C(N)=O)C(=O)[C@@]2(O)C(=O)C3=C(O)c4c(O)ccc(-c5cc(C)ns5)c4C[C@H]3C[C@@H]12. The normalized spacial score (nSPS) is 26.6. The van der Waals surface area contributed by atoms with E-state index in [1.54, 1.807) is 6.07 Å². The number of carbonyl (C=O) groups is 3. The minimum atomic E-state index is -2.87. The van der Waals surface area contributed by atoms with Crippen LogP contribution in [0.2, 0.25) is 0 Å². The minimum Gasteiger partial charge on any atom is -0.507 e. The van der Waals surface area contributed by atoms with Crippen LogP contribution in [0.3, 0.4) is 0 Å². The molecule has 1 saturated carbocycles. The van der Waals surface area contributed by atoms with Crippen molar-refractivity contribution < 1.29 is 39.6 Å². The van der Waals surface area contributed by atoms with Gasteiger partial charge in [-0.25, -0.2) is 0 Å². The third kappa shape index (κ3) is 3.04. The summed E-state index contributed by atoms with van der Waals surface area (Å²) in [7, 11) is 1.16. The van der Waals surface area contributed by atoms with Gasteiger partial charge in [0.15, 0.2) is 11.4 Å². The molecule has 3 aliphatic carbocycles. The van der Waals surface area contributed by atoms with Gasteiger partial charge in [0.1, 0.15) is 29.9 Å². The van der Waals surface area contributed by atoms with E-state index < -0.39 is 52.0 Å². The first kappa shape index (κ1) is 23.7. The molecule has 0 unspecified atom stereocenters. The highest BCUT2D eigenvalue weighted by atomic mass is 32.1. The van der Waals surface area contributed by atoms with E-state index in [1.165, 1.54) is 17.6 Å². The summed E-state index contributed by atoms with van der Waals surface area (Å²) in [5.41, 5.74) is 2.84. The number of aliphatic hydroxyl groups excluding tert-OH is 2. The molecule has 0 radical (unpaired) electrons. The number of phenolic OH excluding ortho intramolecular Hbond substituents is 1. The summed E-state index contributed by atoms with van der Waals surface area (Å²) in [6, 6.07) is 4.93. The molecule has 0 spiro atoms. The van der Waals surface area contributed by atoms with E-state index in [2.05, 4.69) is 9.53 Å². The molecule has 186 valence electrons. The Balaban J connectivity index is 1.73. The number of nitrogens with zero attached hydrogens (tertiary/aromatic N) is 2. The van der Waals surface area contributed by atoms with Crippen LogP contribution in [-0.2, 0) is 25.6 Å². The molecule has 11 nitrogen and oxygen atoms in total. The number of ketones is 2. The van der Waals surface area contributed by atoms with Crippen LogP contribution in [0.15, 0.2) is 40.3 Å². The second kappa shape index (κ2) is 8.00. The van der Waals surface area contributed by atoms with Crippen molar-refractivity contribution in [3.05, 3.63) is 51.9 Å². The standard InChI is InChI=1S/C24H21N3O8S/c1-8-5-14(36-27-8)10-3-4-13(28)16-11(10)6-9-7-12-18(26-35-2)20(30)17(23(25)33)22(32)24(12,34)21(31)15(9)19(16)29/h3-5,9,12,28-30,34H,6-7H2,1-2H3,(H2,25,33)/b26-18-/t9-,12-,24-/m0/s1. The summed E-state index contributed by atoms with van der Waals surface area (Å²) in [4.78, 5) is 44.4. The van der Waals surface area contributed by atoms with E-state index in [9.17, 15) is 34.8 Å². The number of benzene rings is 1. The number of Topliss-reactive ketones (excluding diaryl/α,β-unsaturated/α-hetero) is 2. The molecule has 1 aromatic carbocycles. The van der Waals surface area contributed by atoms with Gasteiger partial charge in [0.25, 0.3) is 5.91 Å². The van der Waals surface area contributed by atoms with E-state index in [4.69, 9.17) is 10.6 Å². The molecule has 2 aromatic rings. The third-order valence-electron chi connectivity index (χ3n) is 6.97.